The lowest BCUT2D eigenvalue weighted by Crippen LogP contribution is -2.24. The van der Waals surface area contributed by atoms with Gasteiger partial charge in [-0.05, 0) is 60.9 Å². The third kappa shape index (κ3) is 5.94. The molecule has 5 heteroatoms. The molecular formula is C24H25N3O2. The summed E-state index contributed by atoms with van der Waals surface area (Å²) in [5, 5.41) is 8.83. The molecule has 0 fully saturated rings. The van der Waals surface area contributed by atoms with Crippen molar-refractivity contribution >= 4 is 23.2 Å². The van der Waals surface area contributed by atoms with Gasteiger partial charge in [0.2, 0.25) is 5.91 Å². The molecule has 0 aromatic heterocycles. The number of hydrogen-bond donors (Lipinski definition) is 3. The predicted octanol–water partition coefficient (Wildman–Crippen LogP) is 4.28. The first kappa shape index (κ1) is 20.1. The van der Waals surface area contributed by atoms with Crippen LogP contribution >= 0.6 is 0 Å². The normalized spacial score (nSPS) is 10.3. The van der Waals surface area contributed by atoms with Gasteiger partial charge in [0.1, 0.15) is 0 Å². The third-order valence-electron chi connectivity index (χ3n) is 4.66. The molecule has 0 saturated carbocycles. The van der Waals surface area contributed by atoms with Gasteiger partial charge in [-0.1, -0.05) is 42.5 Å². The zero-order valence-electron chi connectivity index (χ0n) is 16.7. The highest BCUT2D eigenvalue weighted by Crippen LogP contribution is 2.14. The second-order valence-electron chi connectivity index (χ2n) is 6.95. The van der Waals surface area contributed by atoms with Crippen molar-refractivity contribution in [3.8, 4) is 0 Å². The minimum atomic E-state index is -0.182. The van der Waals surface area contributed by atoms with E-state index in [1.54, 1.807) is 24.3 Å². The van der Waals surface area contributed by atoms with Crippen LogP contribution in [0.1, 0.15) is 27.0 Å². The smallest absolute Gasteiger partial charge is 0.251 e. The van der Waals surface area contributed by atoms with E-state index < -0.39 is 0 Å². The van der Waals surface area contributed by atoms with Crippen molar-refractivity contribution < 1.29 is 9.59 Å². The lowest BCUT2D eigenvalue weighted by molar-refractivity contribution is -0.114. The molecule has 0 aliphatic rings. The van der Waals surface area contributed by atoms with Gasteiger partial charge in [-0.3, -0.25) is 9.59 Å². The highest BCUT2D eigenvalue weighted by Gasteiger charge is 2.08. The number of amides is 2. The van der Waals surface area contributed by atoms with Gasteiger partial charge in [-0.2, -0.15) is 0 Å². The van der Waals surface area contributed by atoms with Gasteiger partial charge in [0.25, 0.3) is 5.91 Å². The SMILES string of the molecule is Cc1ccc(NCC(=O)Nc2cccc(C(=O)NCc3ccccc3)c2)cc1C. The van der Waals surface area contributed by atoms with E-state index in [4.69, 9.17) is 0 Å². The van der Waals surface area contributed by atoms with E-state index in [0.29, 0.717) is 17.8 Å². The Bertz CT molecular complexity index is 1000. The van der Waals surface area contributed by atoms with Crippen molar-refractivity contribution in [3.05, 3.63) is 95.1 Å². The molecule has 0 atom stereocenters. The van der Waals surface area contributed by atoms with Gasteiger partial charge in [-0.25, -0.2) is 0 Å². The fraction of sp³-hybridized carbons (Fsp3) is 0.167. The van der Waals surface area contributed by atoms with Crippen LogP contribution in [0.25, 0.3) is 0 Å². The molecule has 0 unspecified atom stereocenters. The van der Waals surface area contributed by atoms with Gasteiger partial charge in [0.05, 0.1) is 6.54 Å². The van der Waals surface area contributed by atoms with Crippen molar-refractivity contribution in [1.29, 1.82) is 0 Å². The predicted molar refractivity (Wildman–Crippen MR) is 117 cm³/mol. The van der Waals surface area contributed by atoms with Gasteiger partial charge in [0.15, 0.2) is 0 Å². The molecular weight excluding hydrogens is 362 g/mol. The maximum absolute atomic E-state index is 12.4. The summed E-state index contributed by atoms with van der Waals surface area (Å²) in [5.41, 5.74) is 5.40. The topological polar surface area (TPSA) is 70.2 Å². The molecule has 5 nitrogen and oxygen atoms in total. The van der Waals surface area contributed by atoms with Crippen molar-refractivity contribution in [2.45, 2.75) is 20.4 Å². The summed E-state index contributed by atoms with van der Waals surface area (Å²) in [6, 6.07) is 22.6. The molecule has 29 heavy (non-hydrogen) atoms. The summed E-state index contributed by atoms with van der Waals surface area (Å²) >= 11 is 0. The van der Waals surface area contributed by atoms with E-state index >= 15 is 0 Å². The Labute approximate surface area is 171 Å². The first-order valence-electron chi connectivity index (χ1n) is 9.54. The van der Waals surface area contributed by atoms with E-state index in [1.807, 2.05) is 55.5 Å². The summed E-state index contributed by atoms with van der Waals surface area (Å²) in [6.45, 7) is 4.69. The summed E-state index contributed by atoms with van der Waals surface area (Å²) < 4.78 is 0. The van der Waals surface area contributed by atoms with Crippen LogP contribution in [0.5, 0.6) is 0 Å². The fourth-order valence-electron chi connectivity index (χ4n) is 2.86. The Morgan fingerprint density at radius 2 is 1.59 bits per heavy atom. The first-order chi connectivity index (χ1) is 14.0. The molecule has 0 aliphatic carbocycles. The first-order valence-corrected chi connectivity index (χ1v) is 9.54. The zero-order valence-corrected chi connectivity index (χ0v) is 16.7. The maximum Gasteiger partial charge on any atom is 0.251 e. The van der Waals surface area contributed by atoms with E-state index in [-0.39, 0.29) is 18.4 Å². The third-order valence-corrected chi connectivity index (χ3v) is 4.66. The molecule has 0 saturated heterocycles. The van der Waals surface area contributed by atoms with Crippen LogP contribution in [0.2, 0.25) is 0 Å². The van der Waals surface area contributed by atoms with Crippen LogP contribution < -0.4 is 16.0 Å². The highest BCUT2D eigenvalue weighted by molar-refractivity contribution is 5.98. The number of anilines is 2. The second-order valence-corrected chi connectivity index (χ2v) is 6.95. The number of hydrogen-bond acceptors (Lipinski definition) is 3. The number of nitrogens with one attached hydrogen (secondary N) is 3. The molecule has 0 radical (unpaired) electrons. The van der Waals surface area contributed by atoms with Crippen molar-refractivity contribution in [2.75, 3.05) is 17.2 Å². The quantitative estimate of drug-likeness (QED) is 0.567. The Kier molecular flexibility index (Phi) is 6.63. The number of benzene rings is 3. The molecule has 2 amide bonds. The van der Waals surface area contributed by atoms with E-state index in [1.165, 1.54) is 11.1 Å². The van der Waals surface area contributed by atoms with Crippen molar-refractivity contribution in [3.63, 3.8) is 0 Å². The summed E-state index contributed by atoms with van der Waals surface area (Å²) in [7, 11) is 0. The minimum absolute atomic E-state index is 0.146. The van der Waals surface area contributed by atoms with Crippen LogP contribution in [0.15, 0.2) is 72.8 Å². The molecule has 0 aliphatic heterocycles. The molecule has 3 aromatic rings. The lowest BCUT2D eigenvalue weighted by Gasteiger charge is -2.11. The Hall–Kier alpha value is -3.60. The average Bonchev–Trinajstić information content (AvgIpc) is 2.74. The second kappa shape index (κ2) is 9.55. The fourth-order valence-corrected chi connectivity index (χ4v) is 2.86. The number of carbonyl (C=O) groups excluding carboxylic acids is 2. The summed E-state index contributed by atoms with van der Waals surface area (Å²) in [5.74, 6) is -0.358. The molecule has 3 aromatic carbocycles. The van der Waals surface area contributed by atoms with Crippen LogP contribution in [0, 0.1) is 13.8 Å². The zero-order chi connectivity index (χ0) is 20.6. The molecule has 0 heterocycles. The van der Waals surface area contributed by atoms with Crippen LogP contribution in [0.4, 0.5) is 11.4 Å². The van der Waals surface area contributed by atoms with Crippen molar-refractivity contribution in [1.82, 2.24) is 5.32 Å². The summed E-state index contributed by atoms with van der Waals surface area (Å²) in [4.78, 5) is 24.6. The largest absolute Gasteiger partial charge is 0.376 e. The number of aryl methyl sites for hydroxylation is 2. The molecule has 3 rings (SSSR count). The van der Waals surface area contributed by atoms with E-state index in [9.17, 15) is 9.59 Å². The summed E-state index contributed by atoms with van der Waals surface area (Å²) in [6.07, 6.45) is 0. The lowest BCUT2D eigenvalue weighted by atomic mass is 10.1. The molecule has 148 valence electrons. The Balaban J connectivity index is 1.53. The molecule has 0 spiro atoms. The van der Waals surface area contributed by atoms with E-state index in [0.717, 1.165) is 11.3 Å². The van der Waals surface area contributed by atoms with Gasteiger partial charge in [0, 0.05) is 23.5 Å². The Morgan fingerprint density at radius 3 is 2.34 bits per heavy atom. The standard InChI is InChI=1S/C24H25N3O2/c1-17-11-12-21(13-18(17)2)25-16-23(28)27-22-10-6-9-20(14-22)24(29)26-15-19-7-4-3-5-8-19/h3-14,25H,15-16H2,1-2H3,(H,26,29)(H,27,28). The van der Waals surface area contributed by atoms with Crippen LogP contribution in [0.3, 0.4) is 0 Å². The molecule has 3 N–H and O–H groups in total. The maximum atomic E-state index is 12.4. The van der Waals surface area contributed by atoms with Crippen LogP contribution in [-0.2, 0) is 11.3 Å². The highest BCUT2D eigenvalue weighted by atomic mass is 16.2. The average molecular weight is 387 g/mol. The van der Waals surface area contributed by atoms with Gasteiger partial charge < -0.3 is 16.0 Å². The Morgan fingerprint density at radius 1 is 0.793 bits per heavy atom. The number of rotatable bonds is 7. The number of carbonyl (C=O) groups is 2. The molecule has 0 bridgehead atoms. The van der Waals surface area contributed by atoms with Gasteiger partial charge >= 0.3 is 0 Å². The van der Waals surface area contributed by atoms with Gasteiger partial charge in [-0.15, -0.1) is 0 Å². The minimum Gasteiger partial charge on any atom is -0.376 e. The van der Waals surface area contributed by atoms with Crippen LogP contribution in [-0.4, -0.2) is 18.4 Å². The van der Waals surface area contributed by atoms with Crippen molar-refractivity contribution in [2.24, 2.45) is 0 Å². The monoisotopic (exact) mass is 387 g/mol. The van der Waals surface area contributed by atoms with E-state index in [2.05, 4.69) is 22.9 Å².